The number of rotatable bonds is 3. The second-order valence-electron chi connectivity index (χ2n) is 4.84. The van der Waals surface area contributed by atoms with Gasteiger partial charge in [0.25, 0.3) is 0 Å². The van der Waals surface area contributed by atoms with Gasteiger partial charge in [-0.1, -0.05) is 0 Å². The van der Waals surface area contributed by atoms with E-state index in [1.54, 1.807) is 11.3 Å². The van der Waals surface area contributed by atoms with E-state index in [0.717, 1.165) is 24.5 Å². The topological polar surface area (TPSA) is 38.1 Å². The highest BCUT2D eigenvalue weighted by molar-refractivity contribution is 7.13. The normalized spacial score (nSPS) is 14.8. The molecule has 4 heteroatoms. The predicted octanol–water partition coefficient (Wildman–Crippen LogP) is 2.79. The fraction of sp³-hybridized carbons (Fsp3) is 0.500. The van der Waals surface area contributed by atoms with E-state index >= 15 is 0 Å². The molecular weight excluding hydrogens is 244 g/mol. The number of aliphatic hydroxyl groups excluding tert-OH is 1. The van der Waals surface area contributed by atoms with Crippen LogP contribution in [0, 0.1) is 6.92 Å². The van der Waals surface area contributed by atoms with Gasteiger partial charge < -0.3 is 9.67 Å². The van der Waals surface area contributed by atoms with Crippen molar-refractivity contribution < 1.29 is 5.11 Å². The Labute approximate surface area is 111 Å². The molecule has 1 aliphatic heterocycles. The van der Waals surface area contributed by atoms with Crippen LogP contribution in [0.4, 0.5) is 0 Å². The lowest BCUT2D eigenvalue weighted by Crippen LogP contribution is -2.12. The molecule has 0 radical (unpaired) electrons. The molecule has 0 saturated carbocycles. The molecule has 0 fully saturated rings. The van der Waals surface area contributed by atoms with E-state index in [-0.39, 0.29) is 6.61 Å². The zero-order valence-electron chi connectivity index (χ0n) is 10.6. The van der Waals surface area contributed by atoms with E-state index in [1.165, 1.54) is 29.0 Å². The quantitative estimate of drug-likeness (QED) is 0.923. The number of thiophene rings is 1. The third-order valence-electron chi connectivity index (χ3n) is 3.61. The molecule has 2 aromatic heterocycles. The third kappa shape index (κ3) is 1.89. The molecule has 2 aromatic rings. The maximum Gasteiger partial charge on any atom is 0.150 e. The minimum atomic E-state index is 0.187. The van der Waals surface area contributed by atoms with Gasteiger partial charge in [0.05, 0.1) is 10.6 Å². The SMILES string of the molecule is Cc1ccsc1-c1nc(CCO)c2n1CCCC2. The van der Waals surface area contributed by atoms with Gasteiger partial charge in [0.15, 0.2) is 5.82 Å². The first kappa shape index (κ1) is 11.9. The largest absolute Gasteiger partial charge is 0.396 e. The van der Waals surface area contributed by atoms with Crippen LogP contribution in [0.15, 0.2) is 11.4 Å². The van der Waals surface area contributed by atoms with E-state index in [0.29, 0.717) is 6.42 Å². The molecule has 0 aliphatic carbocycles. The summed E-state index contributed by atoms with van der Waals surface area (Å²) in [7, 11) is 0. The van der Waals surface area contributed by atoms with Crippen LogP contribution in [-0.4, -0.2) is 21.3 Å². The molecule has 1 aliphatic rings. The Bertz CT molecular complexity index is 556. The van der Waals surface area contributed by atoms with Gasteiger partial charge >= 0.3 is 0 Å². The van der Waals surface area contributed by atoms with Gasteiger partial charge in [-0.25, -0.2) is 4.98 Å². The van der Waals surface area contributed by atoms with Crippen molar-refractivity contribution >= 4 is 11.3 Å². The zero-order valence-corrected chi connectivity index (χ0v) is 11.5. The zero-order chi connectivity index (χ0) is 12.5. The monoisotopic (exact) mass is 262 g/mol. The molecule has 0 amide bonds. The number of hydrogen-bond donors (Lipinski definition) is 1. The highest BCUT2D eigenvalue weighted by Crippen LogP contribution is 2.32. The van der Waals surface area contributed by atoms with Gasteiger partial charge in [0.1, 0.15) is 0 Å². The average Bonchev–Trinajstić information content (AvgIpc) is 2.95. The number of imidazole rings is 1. The summed E-state index contributed by atoms with van der Waals surface area (Å²) in [6.45, 7) is 3.40. The first-order chi connectivity index (χ1) is 8.81. The number of nitrogens with zero attached hydrogens (tertiary/aromatic N) is 2. The summed E-state index contributed by atoms with van der Waals surface area (Å²) in [5, 5.41) is 11.3. The molecule has 3 heterocycles. The lowest BCUT2D eigenvalue weighted by Gasteiger charge is -2.17. The Hall–Kier alpha value is -1.13. The van der Waals surface area contributed by atoms with Gasteiger partial charge in [-0.2, -0.15) is 0 Å². The summed E-state index contributed by atoms with van der Waals surface area (Å²) in [5.41, 5.74) is 3.74. The maximum absolute atomic E-state index is 9.17. The Balaban J connectivity index is 2.12. The van der Waals surface area contributed by atoms with Crippen LogP contribution in [0.2, 0.25) is 0 Å². The molecule has 3 nitrogen and oxygen atoms in total. The summed E-state index contributed by atoms with van der Waals surface area (Å²) in [6, 6.07) is 2.15. The molecular formula is C14H18N2OS. The standard InChI is InChI=1S/C14H18N2OS/c1-10-6-9-18-13(10)14-15-11(5-8-17)12-4-2-3-7-16(12)14/h6,9,17H,2-5,7-8H2,1H3. The van der Waals surface area contributed by atoms with Crippen LogP contribution in [0.25, 0.3) is 10.7 Å². The van der Waals surface area contributed by atoms with Crippen molar-refractivity contribution in [1.82, 2.24) is 9.55 Å². The average molecular weight is 262 g/mol. The van der Waals surface area contributed by atoms with Gasteiger partial charge in [-0.15, -0.1) is 11.3 Å². The highest BCUT2D eigenvalue weighted by Gasteiger charge is 2.21. The molecule has 0 saturated heterocycles. The summed E-state index contributed by atoms with van der Waals surface area (Å²) in [4.78, 5) is 6.08. The van der Waals surface area contributed by atoms with E-state index in [9.17, 15) is 0 Å². The first-order valence-corrected chi connectivity index (χ1v) is 7.43. The number of fused-ring (bicyclic) bond motifs is 1. The lowest BCUT2D eigenvalue weighted by atomic mass is 10.1. The number of hydrogen-bond acceptors (Lipinski definition) is 3. The summed E-state index contributed by atoms with van der Waals surface area (Å²) >= 11 is 1.76. The highest BCUT2D eigenvalue weighted by atomic mass is 32.1. The van der Waals surface area contributed by atoms with Crippen molar-refractivity contribution in [2.24, 2.45) is 0 Å². The molecule has 0 atom stereocenters. The van der Waals surface area contributed by atoms with E-state index in [2.05, 4.69) is 22.9 Å². The Morgan fingerprint density at radius 3 is 3.06 bits per heavy atom. The first-order valence-electron chi connectivity index (χ1n) is 6.55. The maximum atomic E-state index is 9.17. The molecule has 1 N–H and O–H groups in total. The van der Waals surface area contributed by atoms with Crippen LogP contribution >= 0.6 is 11.3 Å². The van der Waals surface area contributed by atoms with E-state index in [1.807, 2.05) is 0 Å². The number of aromatic nitrogens is 2. The van der Waals surface area contributed by atoms with Crippen LogP contribution in [-0.2, 0) is 19.4 Å². The van der Waals surface area contributed by atoms with Crippen molar-refractivity contribution in [3.05, 3.63) is 28.4 Å². The molecule has 96 valence electrons. The third-order valence-corrected chi connectivity index (χ3v) is 4.63. The second kappa shape index (κ2) is 4.86. The van der Waals surface area contributed by atoms with Gasteiger partial charge in [-0.3, -0.25) is 0 Å². The lowest BCUT2D eigenvalue weighted by molar-refractivity contribution is 0.297. The number of aryl methyl sites for hydroxylation is 1. The molecule has 0 aromatic carbocycles. The summed E-state index contributed by atoms with van der Waals surface area (Å²) < 4.78 is 2.37. The minimum Gasteiger partial charge on any atom is -0.396 e. The van der Waals surface area contributed by atoms with Crippen molar-refractivity contribution in [2.45, 2.75) is 39.2 Å². The van der Waals surface area contributed by atoms with Crippen molar-refractivity contribution in [3.63, 3.8) is 0 Å². The smallest absolute Gasteiger partial charge is 0.150 e. The molecule has 3 rings (SSSR count). The summed E-state index contributed by atoms with van der Waals surface area (Å²) in [6.07, 6.45) is 4.26. The molecule has 0 bridgehead atoms. The van der Waals surface area contributed by atoms with E-state index < -0.39 is 0 Å². The predicted molar refractivity (Wildman–Crippen MR) is 74.0 cm³/mol. The van der Waals surface area contributed by atoms with Crippen molar-refractivity contribution in [3.8, 4) is 10.7 Å². The Morgan fingerprint density at radius 2 is 2.33 bits per heavy atom. The Morgan fingerprint density at radius 1 is 1.44 bits per heavy atom. The van der Waals surface area contributed by atoms with Crippen molar-refractivity contribution in [1.29, 1.82) is 0 Å². The number of aliphatic hydroxyl groups is 1. The van der Waals surface area contributed by atoms with Crippen molar-refractivity contribution in [2.75, 3.05) is 6.61 Å². The van der Waals surface area contributed by atoms with Gasteiger partial charge in [0.2, 0.25) is 0 Å². The fourth-order valence-corrected chi connectivity index (χ4v) is 3.62. The fourth-order valence-electron chi connectivity index (χ4n) is 2.70. The van der Waals surface area contributed by atoms with Crippen LogP contribution in [0.5, 0.6) is 0 Å². The van der Waals surface area contributed by atoms with Crippen LogP contribution in [0.3, 0.4) is 0 Å². The van der Waals surface area contributed by atoms with E-state index in [4.69, 9.17) is 10.1 Å². The van der Waals surface area contributed by atoms with Crippen LogP contribution in [0.1, 0.15) is 29.8 Å². The molecule has 0 spiro atoms. The van der Waals surface area contributed by atoms with Crippen LogP contribution < -0.4 is 0 Å². The Kier molecular flexibility index (Phi) is 3.22. The molecule has 0 unspecified atom stereocenters. The second-order valence-corrected chi connectivity index (χ2v) is 5.76. The van der Waals surface area contributed by atoms with Gasteiger partial charge in [-0.05, 0) is 43.2 Å². The molecule has 18 heavy (non-hydrogen) atoms. The summed E-state index contributed by atoms with van der Waals surface area (Å²) in [5.74, 6) is 1.11. The van der Waals surface area contributed by atoms with Gasteiger partial charge in [0, 0.05) is 25.3 Å². The minimum absolute atomic E-state index is 0.187.